The molecule has 3 aromatic carbocycles. The Hall–Kier alpha value is -3.81. The molecule has 0 spiro atoms. The van der Waals surface area contributed by atoms with Gasteiger partial charge in [-0.2, -0.15) is 13.2 Å². The SMILES string of the molecule is COc1ccc(-c2c(C(F)(F)F)oc3cc(OCc4cccc(F)c4)ccc3c2=O)cc1. The average Bonchev–Trinajstić information content (AvgIpc) is 2.77. The minimum absolute atomic E-state index is 0.0104. The monoisotopic (exact) mass is 444 g/mol. The predicted octanol–water partition coefficient (Wildman–Crippen LogP) is 6.21. The smallest absolute Gasteiger partial charge is 0.450 e. The van der Waals surface area contributed by atoms with E-state index in [0.29, 0.717) is 11.3 Å². The van der Waals surface area contributed by atoms with E-state index in [9.17, 15) is 22.4 Å². The highest BCUT2D eigenvalue weighted by Gasteiger charge is 2.39. The summed E-state index contributed by atoms with van der Waals surface area (Å²) >= 11 is 0. The van der Waals surface area contributed by atoms with Gasteiger partial charge in [0, 0.05) is 6.07 Å². The topological polar surface area (TPSA) is 48.7 Å². The third kappa shape index (κ3) is 4.30. The molecular weight excluding hydrogens is 428 g/mol. The first-order chi connectivity index (χ1) is 15.3. The summed E-state index contributed by atoms with van der Waals surface area (Å²) in [6.45, 7) is -0.0104. The number of fused-ring (bicyclic) bond motifs is 1. The van der Waals surface area contributed by atoms with Crippen LogP contribution >= 0.6 is 0 Å². The fourth-order valence-electron chi connectivity index (χ4n) is 3.28. The van der Waals surface area contributed by atoms with Crippen LogP contribution < -0.4 is 14.9 Å². The molecule has 0 aliphatic carbocycles. The van der Waals surface area contributed by atoms with Crippen LogP contribution in [-0.4, -0.2) is 7.11 Å². The molecule has 0 unspecified atom stereocenters. The van der Waals surface area contributed by atoms with E-state index in [0.717, 1.165) is 0 Å². The number of halogens is 4. The fraction of sp³-hybridized carbons (Fsp3) is 0.125. The molecule has 0 fully saturated rings. The second-order valence-electron chi connectivity index (χ2n) is 6.94. The Morgan fingerprint density at radius 3 is 2.31 bits per heavy atom. The van der Waals surface area contributed by atoms with Crippen molar-refractivity contribution in [3.05, 3.63) is 94.1 Å². The molecule has 0 saturated heterocycles. The first kappa shape index (κ1) is 21.4. The molecular formula is C24H16F4O4. The molecule has 1 heterocycles. The van der Waals surface area contributed by atoms with Crippen molar-refractivity contribution in [2.24, 2.45) is 0 Å². The van der Waals surface area contributed by atoms with Crippen LogP contribution in [0.3, 0.4) is 0 Å². The van der Waals surface area contributed by atoms with Crippen LogP contribution in [0.15, 0.2) is 75.9 Å². The lowest BCUT2D eigenvalue weighted by Gasteiger charge is -2.14. The molecule has 0 saturated carbocycles. The van der Waals surface area contributed by atoms with Crippen molar-refractivity contribution in [2.45, 2.75) is 12.8 Å². The second-order valence-corrected chi connectivity index (χ2v) is 6.94. The maximum Gasteiger partial charge on any atom is 0.450 e. The maximum absolute atomic E-state index is 13.8. The molecule has 0 amide bonds. The molecule has 4 aromatic rings. The first-order valence-corrected chi connectivity index (χ1v) is 9.46. The van der Waals surface area contributed by atoms with Crippen LogP contribution in [0.5, 0.6) is 11.5 Å². The molecule has 4 nitrogen and oxygen atoms in total. The zero-order valence-corrected chi connectivity index (χ0v) is 16.7. The van der Waals surface area contributed by atoms with Crippen LogP contribution in [0.1, 0.15) is 11.3 Å². The van der Waals surface area contributed by atoms with E-state index in [4.69, 9.17) is 13.9 Å². The van der Waals surface area contributed by atoms with Crippen molar-refractivity contribution in [1.82, 2.24) is 0 Å². The Bertz CT molecular complexity index is 1320. The van der Waals surface area contributed by atoms with Crippen molar-refractivity contribution in [3.63, 3.8) is 0 Å². The minimum Gasteiger partial charge on any atom is -0.497 e. The van der Waals surface area contributed by atoms with Gasteiger partial charge in [-0.05, 0) is 47.5 Å². The van der Waals surface area contributed by atoms with Crippen LogP contribution in [0.25, 0.3) is 22.1 Å². The number of ether oxygens (including phenoxy) is 2. The fourth-order valence-corrected chi connectivity index (χ4v) is 3.28. The zero-order valence-electron chi connectivity index (χ0n) is 16.7. The van der Waals surface area contributed by atoms with Gasteiger partial charge >= 0.3 is 6.18 Å². The van der Waals surface area contributed by atoms with Crippen molar-refractivity contribution in [2.75, 3.05) is 7.11 Å². The lowest BCUT2D eigenvalue weighted by atomic mass is 10.0. The first-order valence-electron chi connectivity index (χ1n) is 9.46. The third-order valence-corrected chi connectivity index (χ3v) is 4.79. The molecule has 0 radical (unpaired) electrons. The molecule has 0 aliphatic heterocycles. The van der Waals surface area contributed by atoms with Crippen molar-refractivity contribution in [1.29, 1.82) is 0 Å². The summed E-state index contributed by atoms with van der Waals surface area (Å²) in [7, 11) is 1.43. The Morgan fingerprint density at radius 1 is 0.938 bits per heavy atom. The highest BCUT2D eigenvalue weighted by atomic mass is 19.4. The molecule has 164 valence electrons. The van der Waals surface area contributed by atoms with Crippen LogP contribution in [0.2, 0.25) is 0 Å². The molecule has 32 heavy (non-hydrogen) atoms. The van der Waals surface area contributed by atoms with Gasteiger partial charge in [0.25, 0.3) is 0 Å². The van der Waals surface area contributed by atoms with E-state index < -0.39 is 28.7 Å². The number of alkyl halides is 3. The van der Waals surface area contributed by atoms with Gasteiger partial charge in [0.15, 0.2) is 0 Å². The average molecular weight is 444 g/mol. The van der Waals surface area contributed by atoms with E-state index in [1.54, 1.807) is 6.07 Å². The Balaban J connectivity index is 1.77. The van der Waals surface area contributed by atoms with E-state index >= 15 is 0 Å². The summed E-state index contributed by atoms with van der Waals surface area (Å²) in [5.41, 5.74) is -1.07. The summed E-state index contributed by atoms with van der Waals surface area (Å²) in [4.78, 5) is 13.0. The number of benzene rings is 3. The van der Waals surface area contributed by atoms with Crippen molar-refractivity contribution in [3.8, 4) is 22.6 Å². The van der Waals surface area contributed by atoms with E-state index in [1.807, 2.05) is 0 Å². The lowest BCUT2D eigenvalue weighted by Crippen LogP contribution is -2.16. The Kier molecular flexibility index (Phi) is 5.61. The van der Waals surface area contributed by atoms with Gasteiger partial charge in [-0.15, -0.1) is 0 Å². The summed E-state index contributed by atoms with van der Waals surface area (Å²) < 4.78 is 70.3. The molecule has 0 aliphatic rings. The van der Waals surface area contributed by atoms with Crippen molar-refractivity contribution >= 4 is 11.0 Å². The van der Waals surface area contributed by atoms with Gasteiger partial charge in [0.2, 0.25) is 11.2 Å². The molecule has 8 heteroatoms. The Labute approximate surface area is 179 Å². The summed E-state index contributed by atoms with van der Waals surface area (Å²) in [6.07, 6.45) is -4.90. The number of hydrogen-bond donors (Lipinski definition) is 0. The van der Waals surface area contributed by atoms with Gasteiger partial charge in [-0.3, -0.25) is 4.79 Å². The third-order valence-electron chi connectivity index (χ3n) is 4.79. The summed E-state index contributed by atoms with van der Waals surface area (Å²) in [5.74, 6) is -1.22. The molecule has 0 bridgehead atoms. The minimum atomic E-state index is -4.90. The molecule has 4 rings (SSSR count). The predicted molar refractivity (Wildman–Crippen MR) is 110 cm³/mol. The Morgan fingerprint density at radius 2 is 1.66 bits per heavy atom. The van der Waals surface area contributed by atoms with Gasteiger partial charge in [0.05, 0.1) is 18.1 Å². The van der Waals surface area contributed by atoms with E-state index in [2.05, 4.69) is 0 Å². The zero-order chi connectivity index (χ0) is 22.9. The quantitative estimate of drug-likeness (QED) is 0.344. The number of methoxy groups -OCH3 is 1. The second kappa shape index (κ2) is 8.37. The van der Waals surface area contributed by atoms with E-state index in [-0.39, 0.29) is 28.9 Å². The van der Waals surface area contributed by atoms with Crippen LogP contribution in [-0.2, 0) is 12.8 Å². The van der Waals surface area contributed by atoms with Gasteiger partial charge in [-0.1, -0.05) is 24.3 Å². The van der Waals surface area contributed by atoms with Gasteiger partial charge in [0.1, 0.15) is 29.5 Å². The van der Waals surface area contributed by atoms with Gasteiger partial charge < -0.3 is 13.9 Å². The molecule has 1 aromatic heterocycles. The van der Waals surface area contributed by atoms with Crippen LogP contribution in [0, 0.1) is 5.82 Å². The molecule has 0 atom stereocenters. The highest BCUT2D eigenvalue weighted by Crippen LogP contribution is 2.38. The van der Waals surface area contributed by atoms with E-state index in [1.165, 1.54) is 67.8 Å². The summed E-state index contributed by atoms with van der Waals surface area (Å²) in [5, 5.41) is -0.0260. The van der Waals surface area contributed by atoms with Crippen LogP contribution in [0.4, 0.5) is 17.6 Å². The summed E-state index contributed by atoms with van der Waals surface area (Å²) in [6, 6.07) is 15.4. The highest BCUT2D eigenvalue weighted by molar-refractivity contribution is 5.84. The largest absolute Gasteiger partial charge is 0.497 e. The molecule has 0 N–H and O–H groups in total. The van der Waals surface area contributed by atoms with Crippen molar-refractivity contribution < 1.29 is 31.5 Å². The lowest BCUT2D eigenvalue weighted by molar-refractivity contribution is -0.152. The number of rotatable bonds is 5. The number of hydrogen-bond acceptors (Lipinski definition) is 4. The van der Waals surface area contributed by atoms with Gasteiger partial charge in [-0.25, -0.2) is 4.39 Å². The maximum atomic E-state index is 13.8. The normalized spacial score (nSPS) is 11.5. The standard InChI is InChI=1S/C24H16F4O4/c1-30-17-7-5-15(6-8-17)21-22(29)19-10-9-18(12-20(19)32-23(21)24(26,27)28)31-13-14-3-2-4-16(25)11-14/h2-12H,13H2,1H3.